The van der Waals surface area contributed by atoms with Crippen molar-refractivity contribution in [2.45, 2.75) is 12.6 Å². The zero-order valence-electron chi connectivity index (χ0n) is 11.9. The summed E-state index contributed by atoms with van der Waals surface area (Å²) in [4.78, 5) is 0. The van der Waals surface area contributed by atoms with E-state index in [2.05, 4.69) is 10.5 Å². The summed E-state index contributed by atoms with van der Waals surface area (Å²) in [5.74, 6) is -0.110. The third-order valence-corrected chi connectivity index (χ3v) is 3.07. The Hall–Kier alpha value is -2.48. The Labute approximate surface area is 121 Å². The fourth-order valence-corrected chi connectivity index (χ4v) is 1.88. The Balaban J connectivity index is 2.42. The van der Waals surface area contributed by atoms with E-state index in [0.29, 0.717) is 5.88 Å². The zero-order chi connectivity index (χ0) is 15.6. The molecule has 4 N–H and O–H groups in total. The van der Waals surface area contributed by atoms with Crippen LogP contribution in [-0.2, 0) is 15.2 Å². The molecule has 1 aliphatic rings. The van der Waals surface area contributed by atoms with Gasteiger partial charge in [0.25, 0.3) is 0 Å². The second-order valence-corrected chi connectivity index (χ2v) is 4.50. The molecule has 0 aliphatic carbocycles. The first kappa shape index (κ1) is 14.9. The number of nitrogens with two attached hydrogens (primary N) is 1. The Bertz CT molecular complexity index is 601. The van der Waals surface area contributed by atoms with Crippen LogP contribution in [0, 0.1) is 5.82 Å². The highest BCUT2D eigenvalue weighted by atomic mass is 19.1. The predicted molar refractivity (Wildman–Crippen MR) is 74.9 cm³/mol. The quantitative estimate of drug-likeness (QED) is 0.716. The monoisotopic (exact) mass is 296 g/mol. The van der Waals surface area contributed by atoms with E-state index in [1.54, 1.807) is 0 Å². The molecule has 0 bridgehead atoms. The van der Waals surface area contributed by atoms with Crippen LogP contribution < -0.4 is 11.2 Å². The summed E-state index contributed by atoms with van der Waals surface area (Å²) in [6.45, 7) is 1.42. The molecule has 0 spiro atoms. The van der Waals surface area contributed by atoms with Crippen molar-refractivity contribution in [1.82, 2.24) is 10.5 Å². The van der Waals surface area contributed by atoms with Crippen molar-refractivity contribution < 1.29 is 19.0 Å². The molecule has 114 valence electrons. The lowest BCUT2D eigenvalue weighted by atomic mass is 10.0. The first-order valence-corrected chi connectivity index (χ1v) is 6.12. The Kier molecular flexibility index (Phi) is 3.90. The minimum Gasteiger partial charge on any atom is -0.481 e. The summed E-state index contributed by atoms with van der Waals surface area (Å²) < 4.78 is 23.7. The smallest absolute Gasteiger partial charge is 0.238 e. The lowest BCUT2D eigenvalue weighted by molar-refractivity contribution is -0.132. The maximum absolute atomic E-state index is 13.6. The number of rotatable bonds is 3. The van der Waals surface area contributed by atoms with Crippen LogP contribution in [0.25, 0.3) is 0 Å². The number of hydrazone groups is 1. The molecular formula is C13H17FN4O3. The number of hydrazine groups is 1. The molecule has 1 unspecified atom stereocenters. The van der Waals surface area contributed by atoms with Crippen molar-refractivity contribution >= 4 is 11.6 Å². The van der Waals surface area contributed by atoms with Gasteiger partial charge in [-0.05, 0) is 13.0 Å². The van der Waals surface area contributed by atoms with Gasteiger partial charge in [-0.15, -0.1) is 5.10 Å². The molecule has 1 atom stereocenters. The second-order valence-electron chi connectivity index (χ2n) is 4.50. The molecule has 8 heteroatoms. The largest absolute Gasteiger partial charge is 0.481 e. The van der Waals surface area contributed by atoms with Gasteiger partial charge in [0.1, 0.15) is 5.82 Å². The number of para-hydroxylation sites is 1. The van der Waals surface area contributed by atoms with Gasteiger partial charge < -0.3 is 20.3 Å². The number of hydrogen-bond acceptors (Lipinski definition) is 7. The van der Waals surface area contributed by atoms with Gasteiger partial charge in [0.2, 0.25) is 11.8 Å². The number of methoxy groups -OCH3 is 2. The van der Waals surface area contributed by atoms with Gasteiger partial charge in [-0.2, -0.15) is 5.12 Å². The van der Waals surface area contributed by atoms with E-state index >= 15 is 0 Å². The van der Waals surface area contributed by atoms with E-state index in [1.165, 1.54) is 45.4 Å². The summed E-state index contributed by atoms with van der Waals surface area (Å²) in [5, 5.41) is 15.8. The highest BCUT2D eigenvalue weighted by Gasteiger charge is 2.36. The number of nitrogen functional groups attached to an aromatic ring is 1. The zero-order valence-corrected chi connectivity index (χ0v) is 11.9. The second kappa shape index (κ2) is 5.49. The van der Waals surface area contributed by atoms with Crippen LogP contribution in [0.4, 0.5) is 10.1 Å². The van der Waals surface area contributed by atoms with Crippen LogP contribution in [0.15, 0.2) is 35.3 Å². The average molecular weight is 296 g/mol. The van der Waals surface area contributed by atoms with E-state index in [0.717, 1.165) is 5.12 Å². The van der Waals surface area contributed by atoms with Crippen molar-refractivity contribution in [3.05, 3.63) is 41.5 Å². The van der Waals surface area contributed by atoms with Crippen LogP contribution in [-0.4, -0.2) is 30.3 Å². The molecule has 0 amide bonds. The SMILES string of the molecule is COC1=CC(OC)=NN(C(C)(O)c2cccc(F)c2N)N1. The number of anilines is 1. The van der Waals surface area contributed by atoms with Crippen LogP contribution >= 0.6 is 0 Å². The third-order valence-electron chi connectivity index (χ3n) is 3.07. The lowest BCUT2D eigenvalue weighted by Gasteiger charge is -2.37. The van der Waals surface area contributed by atoms with Gasteiger partial charge in [0.15, 0.2) is 5.72 Å². The number of nitrogens with one attached hydrogen (secondary N) is 1. The Morgan fingerprint density at radius 3 is 2.71 bits per heavy atom. The first-order chi connectivity index (χ1) is 9.90. The van der Waals surface area contributed by atoms with E-state index in [-0.39, 0.29) is 17.1 Å². The van der Waals surface area contributed by atoms with Gasteiger partial charge >= 0.3 is 0 Å². The molecule has 2 rings (SSSR count). The van der Waals surface area contributed by atoms with Crippen LogP contribution in [0.1, 0.15) is 12.5 Å². The molecule has 21 heavy (non-hydrogen) atoms. The number of benzene rings is 1. The van der Waals surface area contributed by atoms with Gasteiger partial charge in [-0.3, -0.25) is 0 Å². The van der Waals surface area contributed by atoms with Crippen molar-refractivity contribution in [1.29, 1.82) is 0 Å². The first-order valence-electron chi connectivity index (χ1n) is 6.12. The summed E-state index contributed by atoms with van der Waals surface area (Å²) in [7, 11) is 2.87. The van der Waals surface area contributed by atoms with Gasteiger partial charge in [-0.1, -0.05) is 12.1 Å². The molecule has 1 aromatic carbocycles. The minimum absolute atomic E-state index is 0.159. The van der Waals surface area contributed by atoms with Crippen LogP contribution in [0.5, 0.6) is 0 Å². The summed E-state index contributed by atoms with van der Waals surface area (Å²) in [5.41, 5.74) is 6.69. The topological polar surface area (TPSA) is 92.3 Å². The number of aliphatic hydroxyl groups is 1. The van der Waals surface area contributed by atoms with Crippen molar-refractivity contribution in [2.24, 2.45) is 5.10 Å². The maximum Gasteiger partial charge on any atom is 0.238 e. The van der Waals surface area contributed by atoms with Gasteiger partial charge in [0, 0.05) is 5.56 Å². The molecule has 0 saturated carbocycles. The Morgan fingerprint density at radius 2 is 2.10 bits per heavy atom. The third kappa shape index (κ3) is 2.70. The number of ether oxygens (including phenoxy) is 2. The number of hydrogen-bond donors (Lipinski definition) is 3. The van der Waals surface area contributed by atoms with E-state index in [4.69, 9.17) is 15.2 Å². The molecule has 0 radical (unpaired) electrons. The number of halogens is 1. The average Bonchev–Trinajstić information content (AvgIpc) is 2.49. The Morgan fingerprint density at radius 1 is 1.38 bits per heavy atom. The predicted octanol–water partition coefficient (Wildman–Crippen LogP) is 0.841. The normalized spacial score (nSPS) is 17.3. The highest BCUT2D eigenvalue weighted by molar-refractivity contribution is 5.88. The van der Waals surface area contributed by atoms with Gasteiger partial charge in [0.05, 0.1) is 26.0 Å². The molecular weight excluding hydrogens is 279 g/mol. The van der Waals surface area contributed by atoms with Crippen molar-refractivity contribution in [2.75, 3.05) is 20.0 Å². The lowest BCUT2D eigenvalue weighted by Crippen LogP contribution is -2.51. The number of nitrogens with zero attached hydrogens (tertiary/aromatic N) is 2. The molecule has 1 aromatic rings. The molecule has 0 aromatic heterocycles. The summed E-state index contributed by atoms with van der Waals surface area (Å²) in [6.07, 6.45) is 1.50. The van der Waals surface area contributed by atoms with Gasteiger partial charge in [-0.25, -0.2) is 9.82 Å². The molecule has 1 aliphatic heterocycles. The summed E-state index contributed by atoms with van der Waals surface area (Å²) >= 11 is 0. The maximum atomic E-state index is 13.6. The molecule has 0 fully saturated rings. The standard InChI is InChI=1S/C13H17FN4O3/c1-13(19,8-5-4-6-9(14)12(8)15)18-16-10(20-2)7-11(17-18)21-3/h4-7,16,19H,15H2,1-3H3. The highest BCUT2D eigenvalue weighted by Crippen LogP contribution is 2.31. The van der Waals surface area contributed by atoms with E-state index < -0.39 is 11.5 Å². The molecule has 7 nitrogen and oxygen atoms in total. The van der Waals surface area contributed by atoms with Crippen molar-refractivity contribution in [3.8, 4) is 0 Å². The molecule has 1 heterocycles. The minimum atomic E-state index is -1.73. The van der Waals surface area contributed by atoms with Crippen LogP contribution in [0.2, 0.25) is 0 Å². The molecule has 0 saturated heterocycles. The fraction of sp³-hybridized carbons (Fsp3) is 0.308. The van der Waals surface area contributed by atoms with Crippen LogP contribution in [0.3, 0.4) is 0 Å². The van der Waals surface area contributed by atoms with E-state index in [9.17, 15) is 9.50 Å². The van der Waals surface area contributed by atoms with Crippen molar-refractivity contribution in [3.63, 3.8) is 0 Å². The fourth-order valence-electron chi connectivity index (χ4n) is 1.88. The summed E-state index contributed by atoms with van der Waals surface area (Å²) in [6, 6.07) is 4.17. The van der Waals surface area contributed by atoms with E-state index in [1.807, 2.05) is 0 Å².